The summed E-state index contributed by atoms with van der Waals surface area (Å²) in [6.07, 6.45) is 3.59. The van der Waals surface area contributed by atoms with Gasteiger partial charge in [-0.05, 0) is 41.8 Å². The van der Waals surface area contributed by atoms with E-state index in [9.17, 15) is 10.1 Å². The molecule has 1 heterocycles. The predicted molar refractivity (Wildman–Crippen MR) is 79.9 cm³/mol. The number of fused-ring (bicyclic) bond motifs is 1. The molecule has 0 spiro atoms. The fourth-order valence-electron chi connectivity index (χ4n) is 2.68. The molecule has 5 heteroatoms. The minimum absolute atomic E-state index is 0.145. The number of nitro groups is 1. The topological polar surface area (TPSA) is 55.2 Å². The molecule has 4 nitrogen and oxygen atoms in total. The van der Waals surface area contributed by atoms with Gasteiger partial charge in [-0.15, -0.1) is 11.3 Å². The lowest BCUT2D eigenvalue weighted by Crippen LogP contribution is -2.23. The maximum Gasteiger partial charge on any atom is 0.269 e. The number of aryl methyl sites for hydroxylation is 1. The third kappa shape index (κ3) is 2.73. The Kier molecular flexibility index (Phi) is 3.80. The number of thiophene rings is 1. The van der Waals surface area contributed by atoms with E-state index in [4.69, 9.17) is 0 Å². The van der Waals surface area contributed by atoms with Crippen LogP contribution in [-0.4, -0.2) is 4.92 Å². The van der Waals surface area contributed by atoms with Crippen LogP contribution in [0.25, 0.3) is 0 Å². The second-order valence-electron chi connectivity index (χ2n) is 5.05. The Labute approximate surface area is 121 Å². The van der Waals surface area contributed by atoms with Crippen LogP contribution < -0.4 is 5.32 Å². The van der Waals surface area contributed by atoms with Crippen molar-refractivity contribution in [1.82, 2.24) is 5.32 Å². The molecule has 1 N–H and O–H groups in total. The molecule has 0 radical (unpaired) electrons. The predicted octanol–water partition coefficient (Wildman–Crippen LogP) is 3.82. The normalized spacial score (nSPS) is 17.7. The third-order valence-corrected chi connectivity index (χ3v) is 4.75. The van der Waals surface area contributed by atoms with Gasteiger partial charge < -0.3 is 5.32 Å². The van der Waals surface area contributed by atoms with E-state index >= 15 is 0 Å². The van der Waals surface area contributed by atoms with E-state index in [1.165, 1.54) is 23.3 Å². The maximum atomic E-state index is 10.6. The van der Waals surface area contributed by atoms with Gasteiger partial charge in [-0.2, -0.15) is 0 Å². The first kappa shape index (κ1) is 13.3. The maximum absolute atomic E-state index is 10.6. The number of nitrogens with zero attached hydrogens (tertiary/aromatic N) is 1. The highest BCUT2D eigenvalue weighted by atomic mass is 32.1. The second kappa shape index (κ2) is 5.73. The van der Waals surface area contributed by atoms with E-state index in [1.54, 1.807) is 12.1 Å². The van der Waals surface area contributed by atoms with Crippen molar-refractivity contribution in [2.24, 2.45) is 0 Å². The van der Waals surface area contributed by atoms with Crippen molar-refractivity contribution < 1.29 is 4.92 Å². The number of rotatable bonds is 4. The zero-order valence-electron chi connectivity index (χ0n) is 11.0. The van der Waals surface area contributed by atoms with Gasteiger partial charge in [-0.1, -0.05) is 12.1 Å². The largest absolute Gasteiger partial charge is 0.306 e. The number of non-ortho nitro benzene ring substituents is 1. The lowest BCUT2D eigenvalue weighted by molar-refractivity contribution is -0.384. The molecule has 1 aromatic carbocycles. The summed E-state index contributed by atoms with van der Waals surface area (Å²) in [5.41, 5.74) is 2.66. The molecule has 1 aliphatic carbocycles. The van der Waals surface area contributed by atoms with Crippen molar-refractivity contribution in [3.63, 3.8) is 0 Å². The van der Waals surface area contributed by atoms with Crippen molar-refractivity contribution in [1.29, 1.82) is 0 Å². The molecule has 3 rings (SSSR count). The Morgan fingerprint density at radius 3 is 2.85 bits per heavy atom. The van der Waals surface area contributed by atoms with Crippen molar-refractivity contribution in [2.45, 2.75) is 31.8 Å². The van der Waals surface area contributed by atoms with E-state index in [0.29, 0.717) is 6.04 Å². The summed E-state index contributed by atoms with van der Waals surface area (Å²) < 4.78 is 0. The lowest BCUT2D eigenvalue weighted by Gasteiger charge is -2.23. The van der Waals surface area contributed by atoms with E-state index in [1.807, 2.05) is 23.5 Å². The van der Waals surface area contributed by atoms with E-state index in [0.717, 1.165) is 18.5 Å². The number of nitrogens with one attached hydrogen (secondary N) is 1. The first-order valence-corrected chi connectivity index (χ1v) is 7.65. The van der Waals surface area contributed by atoms with Gasteiger partial charge in [-0.3, -0.25) is 10.1 Å². The average Bonchev–Trinajstić information content (AvgIpc) is 2.94. The highest BCUT2D eigenvalue weighted by Crippen LogP contribution is 2.33. The lowest BCUT2D eigenvalue weighted by atomic mass is 9.94. The van der Waals surface area contributed by atoms with Gasteiger partial charge >= 0.3 is 0 Å². The van der Waals surface area contributed by atoms with E-state index < -0.39 is 0 Å². The van der Waals surface area contributed by atoms with Gasteiger partial charge in [0, 0.05) is 29.6 Å². The zero-order chi connectivity index (χ0) is 13.9. The SMILES string of the molecule is O=[N+]([O-])c1ccc(CNC2CCCc3sccc32)cc1. The van der Waals surface area contributed by atoms with Crippen LogP contribution in [0.5, 0.6) is 0 Å². The first-order chi connectivity index (χ1) is 9.74. The van der Waals surface area contributed by atoms with Crippen LogP contribution in [0.1, 0.15) is 34.9 Å². The van der Waals surface area contributed by atoms with Gasteiger partial charge in [0.05, 0.1) is 4.92 Å². The van der Waals surface area contributed by atoms with Crippen molar-refractivity contribution in [2.75, 3.05) is 0 Å². The minimum atomic E-state index is -0.365. The Balaban J connectivity index is 1.64. The van der Waals surface area contributed by atoms with Gasteiger partial charge in [-0.25, -0.2) is 0 Å². The van der Waals surface area contributed by atoms with Crippen LogP contribution >= 0.6 is 11.3 Å². The second-order valence-corrected chi connectivity index (χ2v) is 6.05. The Morgan fingerprint density at radius 1 is 1.30 bits per heavy atom. The Hall–Kier alpha value is -1.72. The molecule has 1 aliphatic rings. The van der Waals surface area contributed by atoms with Crippen molar-refractivity contribution in [3.05, 3.63) is 61.8 Å². The monoisotopic (exact) mass is 288 g/mol. The van der Waals surface area contributed by atoms with E-state index in [2.05, 4.69) is 16.8 Å². The van der Waals surface area contributed by atoms with Crippen LogP contribution in [0.2, 0.25) is 0 Å². The molecule has 1 atom stereocenters. The smallest absolute Gasteiger partial charge is 0.269 e. The fourth-order valence-corrected chi connectivity index (χ4v) is 3.66. The number of nitro benzene ring substituents is 1. The summed E-state index contributed by atoms with van der Waals surface area (Å²) in [6, 6.07) is 9.40. The summed E-state index contributed by atoms with van der Waals surface area (Å²) in [7, 11) is 0. The van der Waals surface area contributed by atoms with Gasteiger partial charge in [0.25, 0.3) is 5.69 Å². The van der Waals surface area contributed by atoms with Crippen LogP contribution in [-0.2, 0) is 13.0 Å². The molecule has 0 saturated carbocycles. The molecule has 0 fully saturated rings. The number of hydrogen-bond acceptors (Lipinski definition) is 4. The Morgan fingerprint density at radius 2 is 2.10 bits per heavy atom. The molecule has 104 valence electrons. The number of benzene rings is 1. The fraction of sp³-hybridized carbons (Fsp3) is 0.333. The quantitative estimate of drug-likeness (QED) is 0.687. The number of hydrogen-bond donors (Lipinski definition) is 1. The molecule has 0 amide bonds. The first-order valence-electron chi connectivity index (χ1n) is 6.77. The molecule has 0 bridgehead atoms. The molecule has 0 saturated heterocycles. The van der Waals surface area contributed by atoms with Gasteiger partial charge in [0.15, 0.2) is 0 Å². The van der Waals surface area contributed by atoms with Crippen LogP contribution in [0.15, 0.2) is 35.7 Å². The van der Waals surface area contributed by atoms with E-state index in [-0.39, 0.29) is 10.6 Å². The molecule has 0 aliphatic heterocycles. The molecule has 1 unspecified atom stereocenters. The third-order valence-electron chi connectivity index (χ3n) is 3.75. The molecular formula is C15H16N2O2S. The summed E-state index contributed by atoms with van der Waals surface area (Å²) in [4.78, 5) is 11.7. The standard InChI is InChI=1S/C15H16N2O2S/c18-17(19)12-6-4-11(5-7-12)10-16-14-2-1-3-15-13(14)8-9-20-15/h4-9,14,16H,1-3,10H2. The van der Waals surface area contributed by atoms with Crippen LogP contribution in [0.4, 0.5) is 5.69 Å². The zero-order valence-corrected chi connectivity index (χ0v) is 11.9. The Bertz CT molecular complexity index is 607. The molecular weight excluding hydrogens is 272 g/mol. The van der Waals surface area contributed by atoms with Crippen molar-refractivity contribution in [3.8, 4) is 0 Å². The minimum Gasteiger partial charge on any atom is -0.306 e. The van der Waals surface area contributed by atoms with Gasteiger partial charge in [0.2, 0.25) is 0 Å². The highest BCUT2D eigenvalue weighted by molar-refractivity contribution is 7.10. The molecule has 2 aromatic rings. The summed E-state index contributed by atoms with van der Waals surface area (Å²) in [5, 5.41) is 16.3. The summed E-state index contributed by atoms with van der Waals surface area (Å²) >= 11 is 1.84. The van der Waals surface area contributed by atoms with Gasteiger partial charge in [0.1, 0.15) is 0 Å². The highest BCUT2D eigenvalue weighted by Gasteiger charge is 2.20. The van der Waals surface area contributed by atoms with Crippen LogP contribution in [0.3, 0.4) is 0 Å². The summed E-state index contributed by atoms with van der Waals surface area (Å²) in [6.45, 7) is 0.748. The average molecular weight is 288 g/mol. The summed E-state index contributed by atoms with van der Waals surface area (Å²) in [5.74, 6) is 0. The molecule has 1 aromatic heterocycles. The van der Waals surface area contributed by atoms with Crippen LogP contribution in [0, 0.1) is 10.1 Å². The molecule has 20 heavy (non-hydrogen) atoms. The van der Waals surface area contributed by atoms with Crippen molar-refractivity contribution >= 4 is 17.0 Å².